The van der Waals surface area contributed by atoms with Crippen LogP contribution in [0.4, 0.5) is 9.18 Å². The lowest BCUT2D eigenvalue weighted by Gasteiger charge is -2.40. The Morgan fingerprint density at radius 1 is 1.03 bits per heavy atom. The van der Waals surface area contributed by atoms with Crippen LogP contribution in [0, 0.1) is 23.1 Å². The van der Waals surface area contributed by atoms with E-state index in [1.54, 1.807) is 18.2 Å². The number of ketones is 1. The van der Waals surface area contributed by atoms with Crippen LogP contribution in [0.15, 0.2) is 60.7 Å². The molecule has 5 heteroatoms. The van der Waals surface area contributed by atoms with Gasteiger partial charge in [0.25, 0.3) is 0 Å². The molecule has 3 aromatic rings. The summed E-state index contributed by atoms with van der Waals surface area (Å²) in [6, 6.07) is 17.7. The Bertz CT molecular complexity index is 1250. The Hall–Kier alpha value is -3.21. The first kappa shape index (κ1) is 24.9. The minimum Gasteiger partial charge on any atom is -0.465 e. The topological polar surface area (TPSA) is 57.6 Å². The summed E-state index contributed by atoms with van der Waals surface area (Å²) in [5.41, 5.74) is 2.61. The maximum absolute atomic E-state index is 14.4. The Balaban J connectivity index is 1.59. The van der Waals surface area contributed by atoms with Crippen LogP contribution in [-0.2, 0) is 6.42 Å². The predicted molar refractivity (Wildman–Crippen MR) is 137 cm³/mol. The number of fused-ring (bicyclic) bond motifs is 2. The third kappa shape index (κ3) is 5.09. The fourth-order valence-electron chi connectivity index (χ4n) is 5.88. The van der Waals surface area contributed by atoms with E-state index in [0.717, 1.165) is 28.5 Å². The van der Waals surface area contributed by atoms with E-state index in [1.165, 1.54) is 11.0 Å². The highest BCUT2D eigenvalue weighted by atomic mass is 19.1. The number of rotatable bonds is 6. The van der Waals surface area contributed by atoms with Crippen LogP contribution >= 0.6 is 0 Å². The van der Waals surface area contributed by atoms with Crippen LogP contribution in [0.1, 0.15) is 68.1 Å². The standard InChI is InChI=1S/C30H34FNO3/c1-19(22-13-14-27(31)25-12-8-7-11-24(22)25)32(29(34)35)16-15-26(30(2,3)4)21-17-20-9-5-6-10-23(20)28(33)18-21/h5-14,19,21,26H,15-18H2,1-4H3,(H,34,35)/t19-,21-,26?/m1/s1. The summed E-state index contributed by atoms with van der Waals surface area (Å²) < 4.78 is 14.4. The van der Waals surface area contributed by atoms with Crippen molar-refractivity contribution in [3.05, 3.63) is 83.2 Å². The quantitative estimate of drug-likeness (QED) is 0.401. The van der Waals surface area contributed by atoms with Crippen LogP contribution in [0.5, 0.6) is 0 Å². The van der Waals surface area contributed by atoms with Gasteiger partial charge in [0.05, 0.1) is 6.04 Å². The number of Topliss-reactive ketones (excluding diaryl/α,β-unsaturated/α-hetero) is 1. The zero-order chi connectivity index (χ0) is 25.3. The zero-order valence-electron chi connectivity index (χ0n) is 20.9. The highest BCUT2D eigenvalue weighted by Crippen LogP contribution is 2.42. The second kappa shape index (κ2) is 9.80. The SMILES string of the molecule is C[C@H](c1ccc(F)c2ccccc12)N(CCC([C@H]1CC(=O)c2ccccc2C1)C(C)(C)C)C(=O)O. The molecule has 1 amide bonds. The lowest BCUT2D eigenvalue weighted by Crippen LogP contribution is -2.39. The molecule has 3 aromatic carbocycles. The molecule has 4 nitrogen and oxygen atoms in total. The van der Waals surface area contributed by atoms with Gasteiger partial charge in [0.2, 0.25) is 0 Å². The van der Waals surface area contributed by atoms with Gasteiger partial charge in [-0.1, -0.05) is 75.4 Å². The number of nitrogens with zero attached hydrogens (tertiary/aromatic N) is 1. The van der Waals surface area contributed by atoms with Crippen molar-refractivity contribution in [1.82, 2.24) is 4.90 Å². The molecule has 1 N–H and O–H groups in total. The number of carbonyl (C=O) groups excluding carboxylic acids is 1. The second-order valence-electron chi connectivity index (χ2n) is 10.8. The molecule has 3 atom stereocenters. The fourth-order valence-corrected chi connectivity index (χ4v) is 5.88. The lowest BCUT2D eigenvalue weighted by molar-refractivity contribution is 0.0770. The molecular weight excluding hydrogens is 441 g/mol. The molecule has 0 spiro atoms. The molecule has 1 aliphatic carbocycles. The minimum absolute atomic E-state index is 0.0901. The summed E-state index contributed by atoms with van der Waals surface area (Å²) in [7, 11) is 0. The van der Waals surface area contributed by atoms with Crippen LogP contribution in [0.2, 0.25) is 0 Å². The highest BCUT2D eigenvalue weighted by molar-refractivity contribution is 5.98. The summed E-state index contributed by atoms with van der Waals surface area (Å²) in [5, 5.41) is 11.4. The molecule has 1 unspecified atom stereocenters. The molecule has 1 aliphatic rings. The monoisotopic (exact) mass is 475 g/mol. The normalized spacial score (nSPS) is 17.6. The van der Waals surface area contributed by atoms with Gasteiger partial charge in [-0.2, -0.15) is 0 Å². The minimum atomic E-state index is -0.997. The van der Waals surface area contributed by atoms with Crippen LogP contribution in [0.3, 0.4) is 0 Å². The molecule has 0 radical (unpaired) electrons. The highest BCUT2D eigenvalue weighted by Gasteiger charge is 2.37. The predicted octanol–water partition coefficient (Wildman–Crippen LogP) is 7.52. The van der Waals surface area contributed by atoms with Crippen LogP contribution < -0.4 is 0 Å². The number of carboxylic acid groups (broad SMARTS) is 1. The molecule has 0 bridgehead atoms. The van der Waals surface area contributed by atoms with Crippen LogP contribution in [-0.4, -0.2) is 28.4 Å². The number of halogens is 1. The smallest absolute Gasteiger partial charge is 0.407 e. The van der Waals surface area contributed by atoms with Crippen molar-refractivity contribution in [2.45, 2.75) is 53.0 Å². The van der Waals surface area contributed by atoms with E-state index in [4.69, 9.17) is 0 Å². The molecule has 0 aliphatic heterocycles. The third-order valence-electron chi connectivity index (χ3n) is 7.68. The Morgan fingerprint density at radius 3 is 2.37 bits per heavy atom. The number of hydrogen-bond acceptors (Lipinski definition) is 2. The van der Waals surface area contributed by atoms with E-state index in [0.29, 0.717) is 24.8 Å². The Kier molecular flexibility index (Phi) is 6.98. The van der Waals surface area contributed by atoms with Crippen molar-refractivity contribution >= 4 is 22.6 Å². The average Bonchev–Trinajstić information content (AvgIpc) is 2.81. The van der Waals surface area contributed by atoms with Crippen molar-refractivity contribution in [3.63, 3.8) is 0 Å². The van der Waals surface area contributed by atoms with Gasteiger partial charge in [0, 0.05) is 23.9 Å². The summed E-state index contributed by atoms with van der Waals surface area (Å²) >= 11 is 0. The number of hydrogen-bond donors (Lipinski definition) is 1. The summed E-state index contributed by atoms with van der Waals surface area (Å²) in [6.45, 7) is 8.72. The largest absolute Gasteiger partial charge is 0.465 e. The molecule has 0 heterocycles. The number of benzene rings is 3. The van der Waals surface area contributed by atoms with E-state index in [9.17, 15) is 19.1 Å². The molecule has 0 saturated carbocycles. The molecule has 184 valence electrons. The molecule has 0 aromatic heterocycles. The molecular formula is C30H34FNO3. The Labute approximate surface area is 206 Å². The molecule has 35 heavy (non-hydrogen) atoms. The van der Waals surface area contributed by atoms with Gasteiger partial charge in [-0.25, -0.2) is 9.18 Å². The van der Waals surface area contributed by atoms with E-state index in [-0.39, 0.29) is 28.9 Å². The summed E-state index contributed by atoms with van der Waals surface area (Å²) in [6.07, 6.45) is 0.974. The van der Waals surface area contributed by atoms with E-state index in [1.807, 2.05) is 43.3 Å². The van der Waals surface area contributed by atoms with Crippen LogP contribution in [0.25, 0.3) is 10.8 Å². The summed E-state index contributed by atoms with van der Waals surface area (Å²) in [4.78, 5) is 26.7. The summed E-state index contributed by atoms with van der Waals surface area (Å²) in [5.74, 6) is 0.189. The maximum Gasteiger partial charge on any atom is 0.407 e. The van der Waals surface area contributed by atoms with Crippen molar-refractivity contribution in [2.24, 2.45) is 17.3 Å². The van der Waals surface area contributed by atoms with Gasteiger partial charge in [-0.05, 0) is 59.6 Å². The van der Waals surface area contributed by atoms with Gasteiger partial charge in [0.1, 0.15) is 5.82 Å². The maximum atomic E-state index is 14.4. The van der Waals surface area contributed by atoms with Crippen molar-refractivity contribution in [1.29, 1.82) is 0 Å². The van der Waals surface area contributed by atoms with Gasteiger partial charge < -0.3 is 10.0 Å². The third-order valence-corrected chi connectivity index (χ3v) is 7.68. The van der Waals surface area contributed by atoms with E-state index < -0.39 is 12.1 Å². The second-order valence-corrected chi connectivity index (χ2v) is 10.8. The fraction of sp³-hybridized carbons (Fsp3) is 0.400. The Morgan fingerprint density at radius 2 is 1.69 bits per heavy atom. The molecule has 0 fully saturated rings. The van der Waals surface area contributed by atoms with Crippen molar-refractivity contribution in [2.75, 3.05) is 6.54 Å². The van der Waals surface area contributed by atoms with Gasteiger partial charge in [0.15, 0.2) is 5.78 Å². The first-order chi connectivity index (χ1) is 16.6. The van der Waals surface area contributed by atoms with Crippen molar-refractivity contribution in [3.8, 4) is 0 Å². The van der Waals surface area contributed by atoms with Gasteiger partial charge in [-0.15, -0.1) is 0 Å². The first-order valence-electron chi connectivity index (χ1n) is 12.4. The van der Waals surface area contributed by atoms with E-state index >= 15 is 0 Å². The lowest BCUT2D eigenvalue weighted by atomic mass is 9.65. The number of carbonyl (C=O) groups is 2. The first-order valence-corrected chi connectivity index (χ1v) is 12.4. The average molecular weight is 476 g/mol. The zero-order valence-corrected chi connectivity index (χ0v) is 20.9. The van der Waals surface area contributed by atoms with E-state index in [2.05, 4.69) is 20.8 Å². The number of amides is 1. The van der Waals surface area contributed by atoms with Crippen molar-refractivity contribution < 1.29 is 19.1 Å². The molecule has 0 saturated heterocycles. The van der Waals surface area contributed by atoms with Gasteiger partial charge in [-0.3, -0.25) is 4.79 Å². The van der Waals surface area contributed by atoms with Gasteiger partial charge >= 0.3 is 6.09 Å². The molecule has 4 rings (SSSR count).